The number of aliphatic hydroxyl groups is 1. The van der Waals surface area contributed by atoms with Crippen LogP contribution in [0, 0.1) is 0 Å². The van der Waals surface area contributed by atoms with Crippen LogP contribution in [0.3, 0.4) is 0 Å². The molecule has 0 spiro atoms. The zero-order valence-corrected chi connectivity index (χ0v) is 19.8. The van der Waals surface area contributed by atoms with Crippen molar-refractivity contribution in [3.05, 3.63) is 70.3 Å². The number of fused-ring (bicyclic) bond motifs is 10. The molecule has 1 atom stereocenters. The Morgan fingerprint density at radius 1 is 1.15 bits per heavy atom. The molecular formula is C29H30N2O3. The molecule has 2 aliphatic rings. The second kappa shape index (κ2) is 8.26. The van der Waals surface area contributed by atoms with Crippen molar-refractivity contribution in [2.45, 2.75) is 58.9 Å². The van der Waals surface area contributed by atoms with Crippen LogP contribution in [-0.4, -0.2) is 28.3 Å². The predicted molar refractivity (Wildman–Crippen MR) is 135 cm³/mol. The number of nitrogens with one attached hydrogen (secondary N) is 1. The van der Waals surface area contributed by atoms with Crippen LogP contribution in [0.1, 0.15) is 59.3 Å². The summed E-state index contributed by atoms with van der Waals surface area (Å²) in [5.41, 5.74) is 10.2. The van der Waals surface area contributed by atoms with Crippen molar-refractivity contribution in [1.82, 2.24) is 9.88 Å². The molecule has 0 saturated heterocycles. The van der Waals surface area contributed by atoms with Gasteiger partial charge in [0.15, 0.2) is 0 Å². The SMILES string of the molecule is CC[C@H](C)OCc1ccc2c(c1)c1c3c(c4c(c1n2CCCO)Cc1ccccc1-4)C(=O)NC3. The van der Waals surface area contributed by atoms with Crippen molar-refractivity contribution in [3.63, 3.8) is 0 Å². The van der Waals surface area contributed by atoms with E-state index in [0.717, 1.165) is 47.2 Å². The maximum atomic E-state index is 13.1. The molecule has 4 aromatic rings. The van der Waals surface area contributed by atoms with Crippen molar-refractivity contribution in [2.24, 2.45) is 0 Å². The molecule has 174 valence electrons. The van der Waals surface area contributed by atoms with E-state index in [2.05, 4.69) is 66.2 Å². The van der Waals surface area contributed by atoms with Gasteiger partial charge in [0.2, 0.25) is 0 Å². The summed E-state index contributed by atoms with van der Waals surface area (Å²) < 4.78 is 8.40. The Bertz CT molecular complexity index is 1450. The van der Waals surface area contributed by atoms with Crippen molar-refractivity contribution in [2.75, 3.05) is 6.61 Å². The first kappa shape index (κ1) is 21.4. The second-order valence-corrected chi connectivity index (χ2v) is 9.56. The summed E-state index contributed by atoms with van der Waals surface area (Å²) in [7, 11) is 0. The summed E-state index contributed by atoms with van der Waals surface area (Å²) in [5, 5.41) is 15.1. The van der Waals surface area contributed by atoms with Crippen LogP contribution in [-0.2, 0) is 30.9 Å². The fourth-order valence-corrected chi connectivity index (χ4v) is 5.74. The van der Waals surface area contributed by atoms with Crippen molar-refractivity contribution >= 4 is 27.7 Å². The number of nitrogens with zero attached hydrogens (tertiary/aromatic N) is 1. The molecule has 0 saturated carbocycles. The molecule has 34 heavy (non-hydrogen) atoms. The molecule has 5 heteroatoms. The number of aryl methyl sites for hydroxylation is 1. The number of aliphatic hydroxyl groups excluding tert-OH is 1. The Morgan fingerprint density at radius 2 is 2.00 bits per heavy atom. The number of hydrogen-bond acceptors (Lipinski definition) is 3. The number of carbonyl (C=O) groups is 1. The summed E-state index contributed by atoms with van der Waals surface area (Å²) >= 11 is 0. The molecule has 0 fully saturated rings. The van der Waals surface area contributed by atoms with Crippen LogP contribution in [0.2, 0.25) is 0 Å². The molecule has 0 radical (unpaired) electrons. The summed E-state index contributed by atoms with van der Waals surface area (Å²) in [6.45, 7) is 6.24. The summed E-state index contributed by atoms with van der Waals surface area (Å²) in [5.74, 6) is 0.0253. The highest BCUT2D eigenvalue weighted by molar-refractivity contribution is 6.20. The average Bonchev–Trinajstić information content (AvgIpc) is 3.52. The van der Waals surface area contributed by atoms with Gasteiger partial charge in [0.25, 0.3) is 5.91 Å². The van der Waals surface area contributed by atoms with Crippen LogP contribution < -0.4 is 5.32 Å². The summed E-state index contributed by atoms with van der Waals surface area (Å²) in [6, 6.07) is 15.0. The van der Waals surface area contributed by atoms with E-state index in [4.69, 9.17) is 4.74 Å². The van der Waals surface area contributed by atoms with Gasteiger partial charge in [-0.25, -0.2) is 0 Å². The third-order valence-corrected chi connectivity index (χ3v) is 7.52. The highest BCUT2D eigenvalue weighted by atomic mass is 16.5. The van der Waals surface area contributed by atoms with Crippen molar-refractivity contribution in [1.29, 1.82) is 0 Å². The first-order valence-corrected chi connectivity index (χ1v) is 12.3. The highest BCUT2D eigenvalue weighted by Gasteiger charge is 2.35. The molecule has 1 amide bonds. The Morgan fingerprint density at radius 3 is 2.82 bits per heavy atom. The van der Waals surface area contributed by atoms with Gasteiger partial charge in [-0.2, -0.15) is 0 Å². The number of aromatic nitrogens is 1. The van der Waals surface area contributed by atoms with E-state index in [-0.39, 0.29) is 18.6 Å². The maximum Gasteiger partial charge on any atom is 0.252 e. The Labute approximate surface area is 199 Å². The fraction of sp³-hybridized carbons (Fsp3) is 0.345. The van der Waals surface area contributed by atoms with Crippen LogP contribution in [0.4, 0.5) is 0 Å². The normalized spacial score (nSPS) is 15.0. The first-order chi connectivity index (χ1) is 16.6. The van der Waals surface area contributed by atoms with Crippen molar-refractivity contribution < 1.29 is 14.6 Å². The van der Waals surface area contributed by atoms with E-state index in [1.54, 1.807) is 0 Å². The number of carbonyl (C=O) groups excluding carboxylic acids is 1. The topological polar surface area (TPSA) is 63.5 Å². The molecule has 1 aromatic heterocycles. The number of hydrogen-bond donors (Lipinski definition) is 2. The summed E-state index contributed by atoms with van der Waals surface area (Å²) in [4.78, 5) is 13.1. The molecule has 2 heterocycles. The number of ether oxygens (including phenoxy) is 1. The lowest BCUT2D eigenvalue weighted by molar-refractivity contribution is 0.0509. The van der Waals surface area contributed by atoms with Gasteiger partial charge < -0.3 is 19.7 Å². The van der Waals surface area contributed by atoms with Crippen LogP contribution in [0.25, 0.3) is 32.9 Å². The van der Waals surface area contributed by atoms with E-state index in [0.29, 0.717) is 19.6 Å². The van der Waals surface area contributed by atoms with Gasteiger partial charge >= 0.3 is 0 Å². The third-order valence-electron chi connectivity index (χ3n) is 7.52. The van der Waals surface area contributed by atoms with Gasteiger partial charge in [-0.3, -0.25) is 4.79 Å². The molecule has 5 nitrogen and oxygen atoms in total. The number of amides is 1. The average molecular weight is 455 g/mol. The third kappa shape index (κ3) is 3.11. The minimum absolute atomic E-state index is 0.0253. The lowest BCUT2D eigenvalue weighted by Gasteiger charge is -2.13. The fourth-order valence-electron chi connectivity index (χ4n) is 5.74. The molecule has 6 rings (SSSR count). The summed E-state index contributed by atoms with van der Waals surface area (Å²) in [6.07, 6.45) is 2.71. The van der Waals surface area contributed by atoms with Gasteiger partial charge in [0.1, 0.15) is 0 Å². The maximum absolute atomic E-state index is 13.1. The Hall–Kier alpha value is -3.15. The molecule has 2 N–H and O–H groups in total. The van der Waals surface area contributed by atoms with Gasteiger partial charge in [-0.05, 0) is 59.7 Å². The zero-order valence-electron chi connectivity index (χ0n) is 19.8. The Kier molecular flexibility index (Phi) is 5.19. The van der Waals surface area contributed by atoms with Gasteiger partial charge in [-0.1, -0.05) is 37.3 Å². The largest absolute Gasteiger partial charge is 0.396 e. The smallest absolute Gasteiger partial charge is 0.252 e. The molecule has 0 unspecified atom stereocenters. The number of rotatable bonds is 7. The minimum Gasteiger partial charge on any atom is -0.396 e. The molecular weight excluding hydrogens is 424 g/mol. The minimum atomic E-state index is 0.0253. The molecule has 1 aliphatic carbocycles. The Balaban J connectivity index is 1.66. The van der Waals surface area contributed by atoms with E-state index in [9.17, 15) is 9.90 Å². The van der Waals surface area contributed by atoms with E-state index >= 15 is 0 Å². The lowest BCUT2D eigenvalue weighted by atomic mass is 9.92. The standard InChI is InChI=1S/C29H30N2O3/c1-3-17(2)34-16-18-9-10-24-21(13-18)26-23-15-30-29(33)27(23)25-20-8-5-4-7-19(20)14-22(25)28(26)31(24)11-6-12-32/h4-5,7-10,13,17,32H,3,6,11-12,14-16H2,1-2H3,(H,30,33)/t17-/m0/s1. The van der Waals surface area contributed by atoms with Crippen molar-refractivity contribution in [3.8, 4) is 11.1 Å². The second-order valence-electron chi connectivity index (χ2n) is 9.56. The van der Waals surface area contributed by atoms with Gasteiger partial charge in [0, 0.05) is 48.0 Å². The van der Waals surface area contributed by atoms with E-state index in [1.165, 1.54) is 33.0 Å². The first-order valence-electron chi connectivity index (χ1n) is 12.3. The van der Waals surface area contributed by atoms with Crippen LogP contribution in [0.5, 0.6) is 0 Å². The zero-order chi connectivity index (χ0) is 23.4. The van der Waals surface area contributed by atoms with Crippen LogP contribution in [0.15, 0.2) is 42.5 Å². The highest BCUT2D eigenvalue weighted by Crippen LogP contribution is 2.48. The van der Waals surface area contributed by atoms with Gasteiger partial charge in [-0.15, -0.1) is 0 Å². The molecule has 0 bridgehead atoms. The van der Waals surface area contributed by atoms with Crippen LogP contribution >= 0.6 is 0 Å². The number of benzene rings is 3. The molecule has 1 aliphatic heterocycles. The predicted octanol–water partition coefficient (Wildman–Crippen LogP) is 5.31. The molecule has 3 aromatic carbocycles. The lowest BCUT2D eigenvalue weighted by Crippen LogP contribution is -2.13. The quantitative estimate of drug-likeness (QED) is 0.350. The monoisotopic (exact) mass is 454 g/mol. The van der Waals surface area contributed by atoms with E-state index < -0.39 is 0 Å². The van der Waals surface area contributed by atoms with Gasteiger partial charge in [0.05, 0.1) is 23.8 Å². The van der Waals surface area contributed by atoms with E-state index in [1.807, 2.05) is 0 Å².